The van der Waals surface area contributed by atoms with E-state index in [1.807, 2.05) is 7.05 Å². The zero-order valence-electron chi connectivity index (χ0n) is 27.5. The molecule has 6 rings (SSSR count). The number of likely N-dealkylation sites (N-methyl/N-ethyl adjacent to an activating group) is 1. The molecular weight excluding hydrogens is 674 g/mol. The highest BCUT2D eigenvalue weighted by Crippen LogP contribution is 2.65. The molecule has 1 fully saturated rings. The summed E-state index contributed by atoms with van der Waals surface area (Å²) in [5, 5.41) is 41.4. The standard InChI is InChI=1S/C35H35NO15/c1-17(37)47-23(32(44)51-28(18-6-4-3-5-7-18)33(45)49-22(31(42)43)15-25(39)40)16-26(41)48-21-10-11-35(46)24-14-19-8-9-20(38)29-27(19)34(35,30(21)50-29)12-13-36(24)2/h3-10,22-24,28,30,38,46H,11-16H2,1-2H3,(H,39,40)(H,42,43)/t22-,23+,24+,28+,30+,34+,35-/m1/s1. The van der Waals surface area contributed by atoms with E-state index in [-0.39, 0.29) is 35.3 Å². The molecule has 2 aromatic rings. The number of benzene rings is 2. The number of hydrogen-bond acceptors (Lipinski definition) is 14. The van der Waals surface area contributed by atoms with Crippen LogP contribution in [-0.2, 0) is 59.6 Å². The van der Waals surface area contributed by atoms with Crippen LogP contribution < -0.4 is 4.74 Å². The molecule has 4 aliphatic rings. The molecule has 0 amide bonds. The molecule has 2 aromatic carbocycles. The molecule has 0 saturated carbocycles. The van der Waals surface area contributed by atoms with Crippen molar-refractivity contribution in [2.75, 3.05) is 13.6 Å². The SMILES string of the molecule is CC(=O)O[C@@H](CC(=O)OC1=CC[C@@]2(O)[C@@H]3Cc4ccc(O)c5c4[C@@]2(CCN3C)[C@H]1O5)C(=O)O[C@H](C(=O)O[C@H](CC(=O)O)C(=O)O)c1ccccc1. The summed E-state index contributed by atoms with van der Waals surface area (Å²) in [6.45, 7) is 1.55. The topological polar surface area (TPSA) is 233 Å². The van der Waals surface area contributed by atoms with Crippen molar-refractivity contribution in [3.8, 4) is 11.5 Å². The fourth-order valence-corrected chi connectivity index (χ4v) is 7.75. The number of ether oxygens (including phenoxy) is 5. The minimum atomic E-state index is -2.12. The highest BCUT2D eigenvalue weighted by molar-refractivity contribution is 5.88. The molecule has 1 spiro atoms. The summed E-state index contributed by atoms with van der Waals surface area (Å²) in [5.74, 6) is -8.14. The van der Waals surface area contributed by atoms with Gasteiger partial charge < -0.3 is 49.0 Å². The quantitative estimate of drug-likeness (QED) is 0.180. The Morgan fingerprint density at radius 1 is 0.961 bits per heavy atom. The Balaban J connectivity index is 1.23. The molecule has 4 N–H and O–H groups in total. The molecule has 2 aliphatic heterocycles. The van der Waals surface area contributed by atoms with E-state index >= 15 is 0 Å². The van der Waals surface area contributed by atoms with E-state index in [1.54, 1.807) is 12.1 Å². The number of carboxylic acid groups (broad SMARTS) is 2. The van der Waals surface area contributed by atoms with Gasteiger partial charge >= 0.3 is 35.8 Å². The van der Waals surface area contributed by atoms with Crippen LogP contribution in [0.5, 0.6) is 11.5 Å². The van der Waals surface area contributed by atoms with E-state index in [0.717, 1.165) is 12.5 Å². The van der Waals surface area contributed by atoms with Crippen LogP contribution >= 0.6 is 0 Å². The van der Waals surface area contributed by atoms with Crippen molar-refractivity contribution < 1.29 is 72.9 Å². The number of aliphatic carboxylic acids is 2. The van der Waals surface area contributed by atoms with Gasteiger partial charge in [-0.3, -0.25) is 14.4 Å². The van der Waals surface area contributed by atoms with Gasteiger partial charge in [-0.1, -0.05) is 36.4 Å². The lowest BCUT2D eigenvalue weighted by molar-refractivity contribution is -0.186. The molecule has 0 aromatic heterocycles. The van der Waals surface area contributed by atoms with Gasteiger partial charge in [-0.2, -0.15) is 0 Å². The number of hydrogen-bond donors (Lipinski definition) is 4. The fraction of sp³-hybridized carbons (Fsp3) is 0.429. The summed E-state index contributed by atoms with van der Waals surface area (Å²) in [6, 6.07) is 10.2. The van der Waals surface area contributed by atoms with Crippen molar-refractivity contribution in [1.82, 2.24) is 4.90 Å². The van der Waals surface area contributed by atoms with Gasteiger partial charge in [0.25, 0.3) is 0 Å². The first-order chi connectivity index (χ1) is 24.2. The van der Waals surface area contributed by atoms with Gasteiger partial charge in [0, 0.05) is 30.5 Å². The lowest BCUT2D eigenvalue weighted by atomic mass is 9.50. The van der Waals surface area contributed by atoms with E-state index in [4.69, 9.17) is 28.8 Å². The molecule has 0 unspecified atom stereocenters. The molecule has 2 heterocycles. The number of esters is 4. The number of phenolic OH excluding ortho intramolecular Hbond substituents is 1. The maximum Gasteiger partial charge on any atom is 0.353 e. The molecule has 7 atom stereocenters. The van der Waals surface area contributed by atoms with Crippen LogP contribution in [-0.4, -0.2) is 105 Å². The third-order valence-corrected chi connectivity index (χ3v) is 9.95. The summed E-state index contributed by atoms with van der Waals surface area (Å²) in [7, 11) is 1.92. The van der Waals surface area contributed by atoms with E-state index < -0.39 is 84.1 Å². The molecule has 51 heavy (non-hydrogen) atoms. The predicted molar refractivity (Wildman–Crippen MR) is 168 cm³/mol. The van der Waals surface area contributed by atoms with Crippen molar-refractivity contribution in [2.45, 2.75) is 80.5 Å². The number of rotatable bonds is 12. The van der Waals surface area contributed by atoms with Crippen molar-refractivity contribution in [3.63, 3.8) is 0 Å². The van der Waals surface area contributed by atoms with Gasteiger partial charge in [-0.05, 0) is 44.1 Å². The number of carbonyl (C=O) groups is 6. The number of phenols is 1. The highest BCUT2D eigenvalue weighted by atomic mass is 16.6. The number of piperidine rings is 1. The van der Waals surface area contributed by atoms with E-state index in [2.05, 4.69) is 4.90 Å². The second-order valence-corrected chi connectivity index (χ2v) is 13.0. The second kappa shape index (κ2) is 13.3. The fourth-order valence-electron chi connectivity index (χ4n) is 7.75. The maximum absolute atomic E-state index is 13.5. The molecule has 16 nitrogen and oxygen atoms in total. The lowest BCUT2D eigenvalue weighted by Crippen LogP contribution is -2.74. The Morgan fingerprint density at radius 2 is 1.69 bits per heavy atom. The summed E-state index contributed by atoms with van der Waals surface area (Å²) >= 11 is 0. The summed E-state index contributed by atoms with van der Waals surface area (Å²) in [4.78, 5) is 76.8. The van der Waals surface area contributed by atoms with Crippen LogP contribution in [0.2, 0.25) is 0 Å². The van der Waals surface area contributed by atoms with Gasteiger partial charge in [0.1, 0.15) is 5.76 Å². The van der Waals surface area contributed by atoms with Gasteiger partial charge in [0.05, 0.1) is 23.9 Å². The molecule has 270 valence electrons. The third kappa shape index (κ3) is 6.14. The largest absolute Gasteiger partial charge is 0.504 e. The molecule has 0 radical (unpaired) electrons. The Labute approximate surface area is 290 Å². The highest BCUT2D eigenvalue weighted by Gasteiger charge is 2.72. The van der Waals surface area contributed by atoms with Crippen LogP contribution in [0.1, 0.15) is 55.4 Å². The van der Waals surface area contributed by atoms with Gasteiger partial charge in [-0.25, -0.2) is 14.4 Å². The Kier molecular flexibility index (Phi) is 9.24. The summed E-state index contributed by atoms with van der Waals surface area (Å²) < 4.78 is 27.3. The van der Waals surface area contributed by atoms with Crippen LogP contribution in [0.25, 0.3) is 0 Å². The number of nitrogens with zero attached hydrogens (tertiary/aromatic N) is 1. The minimum Gasteiger partial charge on any atom is -0.504 e. The first kappa shape index (κ1) is 35.3. The third-order valence-electron chi connectivity index (χ3n) is 9.95. The molecule has 16 heteroatoms. The average Bonchev–Trinajstić information content (AvgIpc) is 3.43. The monoisotopic (exact) mass is 709 g/mol. The van der Waals surface area contributed by atoms with E-state index in [0.29, 0.717) is 24.9 Å². The van der Waals surface area contributed by atoms with Crippen molar-refractivity contribution in [3.05, 3.63) is 71.0 Å². The minimum absolute atomic E-state index is 0.00283. The number of likely N-dealkylation sites (tertiary alicyclic amines) is 1. The lowest BCUT2D eigenvalue weighted by Gasteiger charge is -2.61. The molecule has 2 aliphatic carbocycles. The van der Waals surface area contributed by atoms with Gasteiger partial charge in [0.15, 0.2) is 17.6 Å². The predicted octanol–water partition coefficient (Wildman–Crippen LogP) is 1.29. The zero-order valence-corrected chi connectivity index (χ0v) is 27.5. The van der Waals surface area contributed by atoms with Gasteiger partial charge in [-0.15, -0.1) is 0 Å². The zero-order chi connectivity index (χ0) is 36.8. The van der Waals surface area contributed by atoms with Gasteiger partial charge in [0.2, 0.25) is 18.3 Å². The average molecular weight is 710 g/mol. The number of carbonyl (C=O) groups excluding carboxylic acids is 4. The first-order valence-corrected chi connectivity index (χ1v) is 16.1. The van der Waals surface area contributed by atoms with Crippen molar-refractivity contribution >= 4 is 35.8 Å². The van der Waals surface area contributed by atoms with Crippen LogP contribution in [0.4, 0.5) is 0 Å². The summed E-state index contributed by atoms with van der Waals surface area (Å²) in [6.07, 6.45) is -6.51. The van der Waals surface area contributed by atoms with Crippen LogP contribution in [0.3, 0.4) is 0 Å². The number of carboxylic acids is 2. The molecule has 2 bridgehead atoms. The number of aromatic hydroxyl groups is 1. The smallest absolute Gasteiger partial charge is 0.353 e. The first-order valence-electron chi connectivity index (χ1n) is 16.1. The molecule has 1 saturated heterocycles. The number of aliphatic hydroxyl groups is 1. The van der Waals surface area contributed by atoms with Crippen molar-refractivity contribution in [2.24, 2.45) is 0 Å². The maximum atomic E-state index is 13.5. The van der Waals surface area contributed by atoms with E-state index in [9.17, 15) is 44.1 Å². The molecular formula is C35H35NO15. The second-order valence-electron chi connectivity index (χ2n) is 13.0. The van der Waals surface area contributed by atoms with Crippen LogP contribution in [0, 0.1) is 0 Å². The van der Waals surface area contributed by atoms with Crippen molar-refractivity contribution in [1.29, 1.82) is 0 Å². The van der Waals surface area contributed by atoms with Crippen LogP contribution in [0.15, 0.2) is 54.3 Å². The normalized spacial score (nSPS) is 25.8. The van der Waals surface area contributed by atoms with E-state index in [1.165, 1.54) is 36.4 Å². The Morgan fingerprint density at radius 3 is 2.35 bits per heavy atom. The Bertz CT molecular complexity index is 1820. The summed E-state index contributed by atoms with van der Waals surface area (Å²) in [5.41, 5.74) is -0.845. The Hall–Kier alpha value is -5.48.